The largest absolute Gasteiger partial charge is 0.328 e. The molecule has 0 radical (unpaired) electrons. The zero-order valence-electron chi connectivity index (χ0n) is 9.60. The minimum Gasteiger partial charge on any atom is -0.300 e. The maximum absolute atomic E-state index is 11.6. The van der Waals surface area contributed by atoms with Gasteiger partial charge in [0, 0.05) is 18.3 Å². The van der Waals surface area contributed by atoms with Crippen molar-refractivity contribution in [2.24, 2.45) is 0 Å². The quantitative estimate of drug-likeness (QED) is 0.891. The molecular weight excluding hydrogens is 236 g/mol. The molecule has 0 atom stereocenters. The van der Waals surface area contributed by atoms with Crippen LogP contribution < -0.4 is 11.2 Å². The number of rotatable bonds is 4. The summed E-state index contributed by atoms with van der Waals surface area (Å²) in [5.74, 6) is 0. The Bertz CT molecular complexity index is 596. The number of aromatic nitrogens is 2. The van der Waals surface area contributed by atoms with Gasteiger partial charge < -0.3 is 0 Å². The lowest BCUT2D eigenvalue weighted by Gasteiger charge is -2.05. The van der Waals surface area contributed by atoms with E-state index in [1.54, 1.807) is 22.1 Å². The summed E-state index contributed by atoms with van der Waals surface area (Å²) in [5.41, 5.74) is 1.26. The van der Waals surface area contributed by atoms with E-state index in [2.05, 4.69) is 10.4 Å². The minimum absolute atomic E-state index is 0.274. The van der Waals surface area contributed by atoms with Gasteiger partial charge in [0.25, 0.3) is 5.56 Å². The summed E-state index contributed by atoms with van der Waals surface area (Å²) >= 11 is 1.64. The molecule has 2 aromatic rings. The summed E-state index contributed by atoms with van der Waals surface area (Å²) in [6, 6.07) is 2.04. The monoisotopic (exact) mass is 250 g/mol. The second-order valence-corrected chi connectivity index (χ2v) is 4.62. The molecule has 0 spiro atoms. The zero-order valence-corrected chi connectivity index (χ0v) is 10.4. The van der Waals surface area contributed by atoms with Crippen LogP contribution in [0.2, 0.25) is 0 Å². The van der Waals surface area contributed by atoms with Crippen molar-refractivity contribution < 1.29 is 0 Å². The molecule has 0 aromatic carbocycles. The van der Waals surface area contributed by atoms with E-state index in [4.69, 9.17) is 0 Å². The van der Waals surface area contributed by atoms with E-state index < -0.39 is 0 Å². The third kappa shape index (κ3) is 2.74. The van der Waals surface area contributed by atoms with Gasteiger partial charge in [0.05, 0.1) is 0 Å². The van der Waals surface area contributed by atoms with E-state index in [0.29, 0.717) is 18.5 Å². The van der Waals surface area contributed by atoms with E-state index >= 15 is 0 Å². The van der Waals surface area contributed by atoms with Crippen molar-refractivity contribution in [1.29, 1.82) is 0 Å². The summed E-state index contributed by atoms with van der Waals surface area (Å²) in [4.78, 5) is 25.3. The standard InChI is InChI=1S/C12H14N2O2S/c1-2-10-7-14(12(16)13-11(10)15)5-3-9-4-6-17-8-9/h4,6-8H,2-3,5H2,1H3,(H,13,15,16). The van der Waals surface area contributed by atoms with E-state index in [1.807, 2.05) is 18.4 Å². The Morgan fingerprint density at radius 1 is 1.41 bits per heavy atom. The Balaban J connectivity index is 2.21. The molecule has 0 bridgehead atoms. The molecule has 2 aromatic heterocycles. The molecule has 17 heavy (non-hydrogen) atoms. The van der Waals surface area contributed by atoms with Crippen LogP contribution in [0.5, 0.6) is 0 Å². The fourth-order valence-corrected chi connectivity index (χ4v) is 2.36. The fraction of sp³-hybridized carbons (Fsp3) is 0.333. The molecule has 2 rings (SSSR count). The number of nitrogens with one attached hydrogen (secondary N) is 1. The van der Waals surface area contributed by atoms with Gasteiger partial charge >= 0.3 is 5.69 Å². The van der Waals surface area contributed by atoms with Crippen LogP contribution in [-0.4, -0.2) is 9.55 Å². The average molecular weight is 250 g/mol. The van der Waals surface area contributed by atoms with Crippen molar-refractivity contribution in [2.45, 2.75) is 26.3 Å². The first-order chi connectivity index (χ1) is 8.20. The Hall–Kier alpha value is -1.62. The maximum atomic E-state index is 11.6. The molecule has 0 unspecified atom stereocenters. The highest BCUT2D eigenvalue weighted by Gasteiger charge is 2.03. The van der Waals surface area contributed by atoms with E-state index in [1.165, 1.54) is 5.56 Å². The third-order valence-electron chi connectivity index (χ3n) is 2.69. The van der Waals surface area contributed by atoms with Crippen LogP contribution in [0.15, 0.2) is 32.6 Å². The van der Waals surface area contributed by atoms with Crippen molar-refractivity contribution in [3.05, 3.63) is 55.0 Å². The molecule has 0 fully saturated rings. The highest BCUT2D eigenvalue weighted by Crippen LogP contribution is 2.07. The van der Waals surface area contributed by atoms with Crippen molar-refractivity contribution in [3.63, 3.8) is 0 Å². The number of hydrogen-bond donors (Lipinski definition) is 1. The topological polar surface area (TPSA) is 54.9 Å². The molecule has 0 saturated carbocycles. The molecule has 0 aliphatic rings. The van der Waals surface area contributed by atoms with Crippen LogP contribution in [0, 0.1) is 0 Å². The van der Waals surface area contributed by atoms with Gasteiger partial charge in [-0.2, -0.15) is 11.3 Å². The Morgan fingerprint density at radius 3 is 2.88 bits per heavy atom. The highest BCUT2D eigenvalue weighted by atomic mass is 32.1. The maximum Gasteiger partial charge on any atom is 0.328 e. The predicted molar refractivity (Wildman–Crippen MR) is 68.7 cm³/mol. The smallest absolute Gasteiger partial charge is 0.300 e. The van der Waals surface area contributed by atoms with Gasteiger partial charge in [0.2, 0.25) is 0 Å². The summed E-state index contributed by atoms with van der Waals surface area (Å²) in [6.07, 6.45) is 3.10. The minimum atomic E-state index is -0.331. The molecule has 0 aliphatic carbocycles. The molecule has 2 heterocycles. The van der Waals surface area contributed by atoms with Crippen LogP contribution in [-0.2, 0) is 19.4 Å². The lowest BCUT2D eigenvalue weighted by Crippen LogP contribution is -2.32. The number of hydrogen-bond acceptors (Lipinski definition) is 3. The number of aromatic amines is 1. The highest BCUT2D eigenvalue weighted by molar-refractivity contribution is 7.07. The molecule has 0 saturated heterocycles. The van der Waals surface area contributed by atoms with Crippen LogP contribution in [0.1, 0.15) is 18.1 Å². The van der Waals surface area contributed by atoms with Gasteiger partial charge in [0.1, 0.15) is 0 Å². The molecular formula is C12H14N2O2S. The number of thiophene rings is 1. The molecule has 0 aliphatic heterocycles. The fourth-order valence-electron chi connectivity index (χ4n) is 1.66. The molecule has 90 valence electrons. The SMILES string of the molecule is CCc1cn(CCc2ccsc2)c(=O)[nH]c1=O. The van der Waals surface area contributed by atoms with Gasteiger partial charge in [-0.1, -0.05) is 6.92 Å². The lowest BCUT2D eigenvalue weighted by molar-refractivity contribution is 0.638. The zero-order chi connectivity index (χ0) is 12.3. The van der Waals surface area contributed by atoms with Crippen LogP contribution in [0.4, 0.5) is 0 Å². The normalized spacial score (nSPS) is 10.6. The molecule has 0 amide bonds. The first-order valence-electron chi connectivity index (χ1n) is 5.54. The number of nitrogens with zero attached hydrogens (tertiary/aromatic N) is 1. The van der Waals surface area contributed by atoms with E-state index in [-0.39, 0.29) is 11.2 Å². The Labute approximate surface area is 103 Å². The van der Waals surface area contributed by atoms with E-state index in [9.17, 15) is 9.59 Å². The second kappa shape index (κ2) is 5.14. The van der Waals surface area contributed by atoms with Crippen molar-refractivity contribution >= 4 is 11.3 Å². The summed E-state index contributed by atoms with van der Waals surface area (Å²) in [6.45, 7) is 2.50. The van der Waals surface area contributed by atoms with Gasteiger partial charge in [0.15, 0.2) is 0 Å². The van der Waals surface area contributed by atoms with Gasteiger partial charge in [-0.05, 0) is 35.2 Å². The summed E-state index contributed by atoms with van der Waals surface area (Å²) in [5, 5.41) is 4.08. The Kier molecular flexibility index (Phi) is 3.58. The molecule has 1 N–H and O–H groups in total. The number of aryl methyl sites for hydroxylation is 3. The first-order valence-corrected chi connectivity index (χ1v) is 6.48. The van der Waals surface area contributed by atoms with Crippen LogP contribution in [0.3, 0.4) is 0 Å². The van der Waals surface area contributed by atoms with Crippen LogP contribution in [0.25, 0.3) is 0 Å². The van der Waals surface area contributed by atoms with Gasteiger partial charge in [-0.15, -0.1) is 0 Å². The predicted octanol–water partition coefficient (Wildman–Crippen LogP) is 1.40. The van der Waals surface area contributed by atoms with Crippen molar-refractivity contribution in [1.82, 2.24) is 9.55 Å². The summed E-state index contributed by atoms with van der Waals surface area (Å²) in [7, 11) is 0. The summed E-state index contributed by atoms with van der Waals surface area (Å²) < 4.78 is 1.57. The number of H-pyrrole nitrogens is 1. The van der Waals surface area contributed by atoms with Crippen LogP contribution >= 0.6 is 11.3 Å². The molecule has 4 nitrogen and oxygen atoms in total. The first kappa shape index (κ1) is 11.9. The third-order valence-corrected chi connectivity index (χ3v) is 3.42. The van der Waals surface area contributed by atoms with Gasteiger partial charge in [-0.25, -0.2) is 4.79 Å². The van der Waals surface area contributed by atoms with Crippen molar-refractivity contribution in [2.75, 3.05) is 0 Å². The lowest BCUT2D eigenvalue weighted by atomic mass is 10.2. The Morgan fingerprint density at radius 2 is 2.24 bits per heavy atom. The van der Waals surface area contributed by atoms with Gasteiger partial charge in [-0.3, -0.25) is 14.3 Å². The molecule has 5 heteroatoms. The van der Waals surface area contributed by atoms with E-state index in [0.717, 1.165) is 6.42 Å². The second-order valence-electron chi connectivity index (χ2n) is 3.84. The average Bonchev–Trinajstić information content (AvgIpc) is 2.81. The van der Waals surface area contributed by atoms with Crippen molar-refractivity contribution in [3.8, 4) is 0 Å².